The number of fused-ring (bicyclic) bond motifs is 1. The molecule has 0 amide bonds. The third kappa shape index (κ3) is 5.62. The Bertz CT molecular complexity index is 1900. The van der Waals surface area contributed by atoms with Crippen molar-refractivity contribution < 1.29 is 0 Å². The van der Waals surface area contributed by atoms with Crippen molar-refractivity contribution in [3.8, 4) is 0 Å². The molecule has 0 heterocycles. The van der Waals surface area contributed by atoms with E-state index >= 15 is 0 Å². The van der Waals surface area contributed by atoms with Crippen molar-refractivity contribution in [2.45, 2.75) is 0 Å². The van der Waals surface area contributed by atoms with Gasteiger partial charge in [0.25, 0.3) is 0 Å². The second-order valence-corrected chi connectivity index (χ2v) is 10.7. The van der Waals surface area contributed by atoms with Crippen LogP contribution in [0.5, 0.6) is 0 Å². The molecular weight excluding hydrogens is 532 g/mol. The lowest BCUT2D eigenvalue weighted by Gasteiger charge is -2.27. The molecule has 0 aliphatic heterocycles. The van der Waals surface area contributed by atoms with Crippen LogP contribution in [-0.2, 0) is 0 Å². The van der Waals surface area contributed by atoms with Gasteiger partial charge in [0.1, 0.15) is 0 Å². The molecule has 0 aliphatic carbocycles. The number of nitrogens with zero attached hydrogens (tertiary/aromatic N) is 2. The molecule has 0 aliphatic rings. The third-order valence-corrected chi connectivity index (χ3v) is 7.84. The Morgan fingerprint density at radius 2 is 0.705 bits per heavy atom. The molecule has 44 heavy (non-hydrogen) atoms. The number of hydrogen-bond acceptors (Lipinski definition) is 2. The van der Waals surface area contributed by atoms with Gasteiger partial charge in [-0.25, -0.2) is 0 Å². The van der Waals surface area contributed by atoms with E-state index in [4.69, 9.17) is 0 Å². The van der Waals surface area contributed by atoms with Gasteiger partial charge < -0.3 is 9.80 Å². The fourth-order valence-corrected chi connectivity index (χ4v) is 5.75. The second-order valence-electron chi connectivity index (χ2n) is 10.7. The van der Waals surface area contributed by atoms with Crippen molar-refractivity contribution in [2.75, 3.05) is 9.80 Å². The molecular formula is C42H32N2. The molecule has 7 aromatic carbocycles. The molecule has 0 fully saturated rings. The highest BCUT2D eigenvalue weighted by Crippen LogP contribution is 2.40. The average Bonchev–Trinajstić information content (AvgIpc) is 3.10. The van der Waals surface area contributed by atoms with Crippen LogP contribution >= 0.6 is 0 Å². The van der Waals surface area contributed by atoms with Crippen LogP contribution in [0.15, 0.2) is 182 Å². The third-order valence-electron chi connectivity index (χ3n) is 7.84. The van der Waals surface area contributed by atoms with E-state index in [1.165, 1.54) is 16.3 Å². The van der Waals surface area contributed by atoms with E-state index in [0.29, 0.717) is 0 Å². The minimum Gasteiger partial charge on any atom is -0.311 e. The molecule has 0 atom stereocenters. The van der Waals surface area contributed by atoms with Crippen LogP contribution in [-0.4, -0.2) is 0 Å². The average molecular weight is 565 g/mol. The molecule has 2 heteroatoms. The summed E-state index contributed by atoms with van der Waals surface area (Å²) in [6.45, 7) is 0. The summed E-state index contributed by atoms with van der Waals surface area (Å²) in [4.78, 5) is 4.62. The number of anilines is 6. The minimum absolute atomic E-state index is 1.12. The van der Waals surface area contributed by atoms with Gasteiger partial charge in [0.2, 0.25) is 0 Å². The van der Waals surface area contributed by atoms with Crippen molar-refractivity contribution in [3.63, 3.8) is 0 Å². The summed E-state index contributed by atoms with van der Waals surface area (Å²) in [5, 5.41) is 2.42. The molecule has 0 N–H and O–H groups in total. The van der Waals surface area contributed by atoms with E-state index in [9.17, 15) is 0 Å². The summed E-state index contributed by atoms with van der Waals surface area (Å²) in [6.07, 6.45) is 4.43. The topological polar surface area (TPSA) is 6.48 Å². The van der Waals surface area contributed by atoms with Crippen molar-refractivity contribution >= 4 is 57.0 Å². The molecule has 0 radical (unpaired) electrons. The highest BCUT2D eigenvalue weighted by molar-refractivity contribution is 6.03. The molecule has 0 unspecified atom stereocenters. The van der Waals surface area contributed by atoms with Crippen LogP contribution in [0.25, 0.3) is 22.9 Å². The van der Waals surface area contributed by atoms with E-state index < -0.39 is 0 Å². The van der Waals surface area contributed by atoms with Crippen molar-refractivity contribution in [2.24, 2.45) is 0 Å². The molecule has 7 aromatic rings. The molecule has 0 saturated carbocycles. The van der Waals surface area contributed by atoms with E-state index in [-0.39, 0.29) is 0 Å². The first kappa shape index (κ1) is 27.0. The van der Waals surface area contributed by atoms with Crippen LogP contribution in [0, 0.1) is 0 Å². The summed E-state index contributed by atoms with van der Waals surface area (Å²) < 4.78 is 0. The van der Waals surface area contributed by atoms with Crippen molar-refractivity contribution in [3.05, 3.63) is 193 Å². The first-order valence-corrected chi connectivity index (χ1v) is 15.0. The summed E-state index contributed by atoms with van der Waals surface area (Å²) in [7, 11) is 0. The molecule has 0 aromatic heterocycles. The normalized spacial score (nSPS) is 11.1. The summed E-state index contributed by atoms with van der Waals surface area (Å²) in [5.41, 5.74) is 9.14. The lowest BCUT2D eigenvalue weighted by molar-refractivity contribution is 1.28. The Morgan fingerprint density at radius 3 is 1.20 bits per heavy atom. The van der Waals surface area contributed by atoms with Gasteiger partial charge in [-0.1, -0.05) is 127 Å². The predicted molar refractivity (Wildman–Crippen MR) is 189 cm³/mol. The van der Waals surface area contributed by atoms with Gasteiger partial charge in [-0.2, -0.15) is 0 Å². The van der Waals surface area contributed by atoms with Gasteiger partial charge in [0, 0.05) is 33.8 Å². The first-order valence-electron chi connectivity index (χ1n) is 15.0. The minimum atomic E-state index is 1.12. The summed E-state index contributed by atoms with van der Waals surface area (Å²) >= 11 is 0. The molecule has 0 saturated heterocycles. The first-order chi connectivity index (χ1) is 21.8. The van der Waals surface area contributed by atoms with Gasteiger partial charge in [-0.3, -0.25) is 0 Å². The Morgan fingerprint density at radius 1 is 0.295 bits per heavy atom. The van der Waals surface area contributed by atoms with Crippen LogP contribution in [0.3, 0.4) is 0 Å². The fraction of sp³-hybridized carbons (Fsp3) is 0. The van der Waals surface area contributed by atoms with Crippen LogP contribution < -0.4 is 9.80 Å². The van der Waals surface area contributed by atoms with E-state index in [1.807, 2.05) is 0 Å². The monoisotopic (exact) mass is 564 g/mol. The van der Waals surface area contributed by atoms with Gasteiger partial charge in [0.15, 0.2) is 0 Å². The lowest BCUT2D eigenvalue weighted by atomic mass is 10.00. The van der Waals surface area contributed by atoms with E-state index in [2.05, 4.69) is 204 Å². The largest absolute Gasteiger partial charge is 0.311 e. The van der Waals surface area contributed by atoms with Crippen molar-refractivity contribution in [1.29, 1.82) is 0 Å². The zero-order valence-electron chi connectivity index (χ0n) is 24.4. The quantitative estimate of drug-likeness (QED) is 0.169. The maximum atomic E-state index is 2.33. The smallest absolute Gasteiger partial charge is 0.0540 e. The zero-order chi connectivity index (χ0) is 29.6. The van der Waals surface area contributed by atoms with Crippen LogP contribution in [0.2, 0.25) is 0 Å². The van der Waals surface area contributed by atoms with E-state index in [0.717, 1.165) is 39.7 Å². The Labute approximate surface area is 259 Å². The molecule has 0 spiro atoms. The highest BCUT2D eigenvalue weighted by Gasteiger charge is 2.16. The Hall–Kier alpha value is -5.86. The van der Waals surface area contributed by atoms with Gasteiger partial charge >= 0.3 is 0 Å². The second kappa shape index (κ2) is 12.6. The predicted octanol–water partition coefficient (Wildman–Crippen LogP) is 11.9. The van der Waals surface area contributed by atoms with Crippen LogP contribution in [0.4, 0.5) is 34.1 Å². The summed E-state index contributed by atoms with van der Waals surface area (Å²) in [6, 6.07) is 64.1. The maximum Gasteiger partial charge on any atom is 0.0540 e. The van der Waals surface area contributed by atoms with Crippen LogP contribution in [0.1, 0.15) is 11.1 Å². The van der Waals surface area contributed by atoms with Crippen molar-refractivity contribution in [1.82, 2.24) is 0 Å². The highest BCUT2D eigenvalue weighted by atomic mass is 15.1. The molecule has 2 nitrogen and oxygen atoms in total. The summed E-state index contributed by atoms with van der Waals surface area (Å²) in [5.74, 6) is 0. The number of hydrogen-bond donors (Lipinski definition) is 0. The molecule has 7 rings (SSSR count). The number of rotatable bonds is 8. The fourth-order valence-electron chi connectivity index (χ4n) is 5.75. The SMILES string of the molecule is C(=C\c1ccc(N(c2ccccc2)c2ccccc2)c2ccccc12)/c1ccc(N(c2ccccc2)c2ccccc2)cc1. The Kier molecular flexibility index (Phi) is 7.71. The van der Waals surface area contributed by atoms with Gasteiger partial charge in [-0.15, -0.1) is 0 Å². The molecule has 210 valence electrons. The maximum absolute atomic E-state index is 2.33. The zero-order valence-corrected chi connectivity index (χ0v) is 24.4. The van der Waals surface area contributed by atoms with E-state index in [1.54, 1.807) is 0 Å². The van der Waals surface area contributed by atoms with Gasteiger partial charge in [0.05, 0.1) is 5.69 Å². The Balaban J connectivity index is 1.23. The number of benzene rings is 7. The van der Waals surface area contributed by atoms with Gasteiger partial charge in [-0.05, 0) is 83.2 Å². The molecule has 0 bridgehead atoms. The standard InChI is InChI=1S/C42H32N2/c1-5-15-35(16-6-1)43(36-17-7-2-8-18-36)39-30-26-33(27-31-39)25-28-34-29-32-42(41-24-14-13-23-40(34)41)44(37-19-9-3-10-20-37)38-21-11-4-12-22-38/h1-32H/b28-25+. The number of para-hydroxylation sites is 4. The lowest BCUT2D eigenvalue weighted by Crippen LogP contribution is -2.10.